The maximum atomic E-state index is 14.8. The minimum Gasteiger partial charge on any atom is -0.429 e. The van der Waals surface area contributed by atoms with Crippen LogP contribution < -0.4 is 4.74 Å². The first-order valence-electron chi connectivity index (χ1n) is 11.0. The first-order valence-corrected chi connectivity index (χ1v) is 11.0. The average molecular weight is 504 g/mol. The maximum Gasteiger partial charge on any atom is 0.429 e. The van der Waals surface area contributed by atoms with Gasteiger partial charge in [0.15, 0.2) is 23.3 Å². The summed E-state index contributed by atoms with van der Waals surface area (Å²) in [7, 11) is 0. The molecule has 4 aromatic carbocycles. The summed E-state index contributed by atoms with van der Waals surface area (Å²) in [4.78, 5) is 0. The van der Waals surface area contributed by atoms with Crippen LogP contribution in [0.3, 0.4) is 0 Å². The Balaban J connectivity index is 1.57. The Morgan fingerprint density at radius 3 is 1.83 bits per heavy atom. The van der Waals surface area contributed by atoms with Crippen LogP contribution in [0.4, 0.5) is 30.7 Å². The van der Waals surface area contributed by atoms with Crippen LogP contribution in [0, 0.1) is 29.1 Å². The zero-order valence-corrected chi connectivity index (χ0v) is 18.9. The van der Waals surface area contributed by atoms with Gasteiger partial charge >= 0.3 is 6.11 Å². The molecule has 36 heavy (non-hydrogen) atoms. The monoisotopic (exact) mass is 504 g/mol. The molecule has 0 atom stereocenters. The molecule has 0 saturated heterocycles. The summed E-state index contributed by atoms with van der Waals surface area (Å²) in [6, 6.07) is 13.2. The van der Waals surface area contributed by atoms with E-state index in [-0.39, 0.29) is 28.0 Å². The molecule has 0 aliphatic carbocycles. The molecule has 0 fully saturated rings. The van der Waals surface area contributed by atoms with Crippen molar-refractivity contribution in [3.63, 3.8) is 0 Å². The Morgan fingerprint density at radius 1 is 0.639 bits per heavy atom. The lowest BCUT2D eigenvalue weighted by molar-refractivity contribution is -0.187. The predicted octanol–water partition coefficient (Wildman–Crippen LogP) is 8.80. The van der Waals surface area contributed by atoms with Crippen LogP contribution in [0.1, 0.15) is 24.5 Å². The second-order valence-electron chi connectivity index (χ2n) is 8.12. The maximum absolute atomic E-state index is 14.8. The predicted molar refractivity (Wildman–Crippen MR) is 122 cm³/mol. The largest absolute Gasteiger partial charge is 0.429 e. The fourth-order valence-corrected chi connectivity index (χ4v) is 3.80. The van der Waals surface area contributed by atoms with Gasteiger partial charge in [-0.1, -0.05) is 49.7 Å². The highest BCUT2D eigenvalue weighted by atomic mass is 19.3. The lowest BCUT2D eigenvalue weighted by Gasteiger charge is -2.19. The molecule has 0 amide bonds. The third-order valence-electron chi connectivity index (χ3n) is 5.61. The third-order valence-corrected chi connectivity index (χ3v) is 5.61. The molecule has 0 N–H and O–H groups in total. The highest BCUT2D eigenvalue weighted by Crippen LogP contribution is 2.36. The van der Waals surface area contributed by atoms with E-state index in [1.165, 1.54) is 30.3 Å². The molecule has 0 radical (unpaired) electrons. The van der Waals surface area contributed by atoms with E-state index in [9.17, 15) is 30.7 Å². The molecular formula is C28H19F7O. The standard InChI is InChI=1S/C28H19F7O/c1-2-3-16-4-12-22(24(30)14-16)28(34,35)36-19-8-5-17(6-9-19)20-10-11-21(27(33)26(20)32)18-7-13-23(29)25(31)15-18/h4-15H,2-3H2,1H3. The van der Waals surface area contributed by atoms with E-state index < -0.39 is 40.8 Å². The molecule has 0 aliphatic rings. The Labute approximate surface area is 202 Å². The van der Waals surface area contributed by atoms with Crippen molar-refractivity contribution in [3.05, 3.63) is 113 Å². The van der Waals surface area contributed by atoms with Gasteiger partial charge in [0, 0.05) is 11.1 Å². The molecule has 0 bridgehead atoms. The van der Waals surface area contributed by atoms with E-state index in [4.69, 9.17) is 4.74 Å². The Bertz CT molecular complexity index is 1400. The summed E-state index contributed by atoms with van der Waals surface area (Å²) in [6.07, 6.45) is -2.69. The number of rotatable bonds is 7. The smallest absolute Gasteiger partial charge is 0.429 e. The number of benzene rings is 4. The second-order valence-corrected chi connectivity index (χ2v) is 8.12. The second kappa shape index (κ2) is 10.0. The van der Waals surface area contributed by atoms with Crippen LogP contribution in [-0.2, 0) is 12.5 Å². The number of alkyl halides is 2. The first kappa shape index (κ1) is 25.3. The summed E-state index contributed by atoms with van der Waals surface area (Å²) in [5.74, 6) is -6.29. The first-order chi connectivity index (χ1) is 17.1. The normalized spacial score (nSPS) is 11.6. The Kier molecular flexibility index (Phi) is 7.06. The molecule has 0 unspecified atom stereocenters. The minimum absolute atomic E-state index is 0.0576. The highest BCUT2D eigenvalue weighted by molar-refractivity contribution is 5.72. The Hall–Kier alpha value is -3.81. The lowest BCUT2D eigenvalue weighted by Crippen LogP contribution is -2.23. The SMILES string of the molecule is CCCc1ccc(C(F)(F)Oc2ccc(-c3ccc(-c4ccc(F)c(F)c4)c(F)c3F)cc2)c(F)c1. The highest BCUT2D eigenvalue weighted by Gasteiger charge is 2.37. The summed E-state index contributed by atoms with van der Waals surface area (Å²) in [6.45, 7) is 1.88. The fraction of sp³-hybridized carbons (Fsp3) is 0.143. The molecule has 1 nitrogen and oxygen atoms in total. The van der Waals surface area contributed by atoms with Crippen molar-refractivity contribution in [2.24, 2.45) is 0 Å². The lowest BCUT2D eigenvalue weighted by atomic mass is 9.98. The molecule has 0 saturated carbocycles. The molecule has 0 heterocycles. The van der Waals surface area contributed by atoms with Crippen LogP contribution in [0.15, 0.2) is 72.8 Å². The van der Waals surface area contributed by atoms with E-state index in [0.29, 0.717) is 12.0 Å². The zero-order chi connectivity index (χ0) is 26.0. The van der Waals surface area contributed by atoms with E-state index in [0.717, 1.165) is 48.9 Å². The molecule has 186 valence electrons. The fourth-order valence-electron chi connectivity index (χ4n) is 3.80. The van der Waals surface area contributed by atoms with E-state index in [2.05, 4.69) is 0 Å². The van der Waals surface area contributed by atoms with Crippen molar-refractivity contribution >= 4 is 0 Å². The summed E-state index contributed by atoms with van der Waals surface area (Å²) >= 11 is 0. The molecule has 4 rings (SSSR count). The van der Waals surface area contributed by atoms with Gasteiger partial charge in [-0.3, -0.25) is 0 Å². The van der Waals surface area contributed by atoms with Crippen LogP contribution in [0.25, 0.3) is 22.3 Å². The van der Waals surface area contributed by atoms with Crippen LogP contribution >= 0.6 is 0 Å². The molecule has 4 aromatic rings. The van der Waals surface area contributed by atoms with Gasteiger partial charge in [0.05, 0.1) is 5.56 Å². The van der Waals surface area contributed by atoms with E-state index >= 15 is 0 Å². The van der Waals surface area contributed by atoms with Gasteiger partial charge in [-0.2, -0.15) is 8.78 Å². The quantitative estimate of drug-likeness (QED) is 0.229. The number of hydrogen-bond donors (Lipinski definition) is 0. The minimum atomic E-state index is -3.97. The van der Waals surface area contributed by atoms with Crippen molar-refractivity contribution < 1.29 is 35.5 Å². The summed E-state index contributed by atoms with van der Waals surface area (Å²) in [5.41, 5.74) is -0.709. The van der Waals surface area contributed by atoms with Gasteiger partial charge in [-0.05, 0) is 59.5 Å². The van der Waals surface area contributed by atoms with Crippen molar-refractivity contribution in [3.8, 4) is 28.0 Å². The molecule has 0 aromatic heterocycles. The van der Waals surface area contributed by atoms with Crippen molar-refractivity contribution in [1.82, 2.24) is 0 Å². The Morgan fingerprint density at radius 2 is 1.25 bits per heavy atom. The van der Waals surface area contributed by atoms with E-state index in [1.807, 2.05) is 6.92 Å². The van der Waals surface area contributed by atoms with Gasteiger partial charge in [0.2, 0.25) is 0 Å². The average Bonchev–Trinajstić information content (AvgIpc) is 2.83. The van der Waals surface area contributed by atoms with Crippen molar-refractivity contribution in [1.29, 1.82) is 0 Å². The zero-order valence-electron chi connectivity index (χ0n) is 18.9. The third kappa shape index (κ3) is 5.08. The van der Waals surface area contributed by atoms with Crippen LogP contribution in [-0.4, -0.2) is 0 Å². The number of aryl methyl sites for hydroxylation is 1. The van der Waals surface area contributed by atoms with Gasteiger partial charge in [0.25, 0.3) is 0 Å². The van der Waals surface area contributed by atoms with Gasteiger partial charge < -0.3 is 4.74 Å². The number of hydrogen-bond acceptors (Lipinski definition) is 1. The summed E-state index contributed by atoms with van der Waals surface area (Å²) < 4.78 is 104. The molecular weight excluding hydrogens is 485 g/mol. The number of halogens is 7. The number of ether oxygens (including phenoxy) is 1. The van der Waals surface area contributed by atoms with Crippen LogP contribution in [0.5, 0.6) is 5.75 Å². The van der Waals surface area contributed by atoms with Gasteiger partial charge in [-0.15, -0.1) is 0 Å². The topological polar surface area (TPSA) is 9.23 Å². The van der Waals surface area contributed by atoms with Crippen molar-refractivity contribution in [2.75, 3.05) is 0 Å². The molecule has 0 aliphatic heterocycles. The van der Waals surface area contributed by atoms with Crippen molar-refractivity contribution in [2.45, 2.75) is 25.9 Å². The molecule has 0 spiro atoms. The van der Waals surface area contributed by atoms with Crippen LogP contribution in [0.2, 0.25) is 0 Å². The molecule has 8 heteroatoms. The summed E-state index contributed by atoms with van der Waals surface area (Å²) in [5, 5.41) is 0. The van der Waals surface area contributed by atoms with E-state index in [1.54, 1.807) is 0 Å². The van der Waals surface area contributed by atoms with Gasteiger partial charge in [-0.25, -0.2) is 22.0 Å². The van der Waals surface area contributed by atoms with Gasteiger partial charge in [0.1, 0.15) is 11.6 Å².